The van der Waals surface area contributed by atoms with Crippen LogP contribution in [0.1, 0.15) is 10.4 Å². The summed E-state index contributed by atoms with van der Waals surface area (Å²) < 4.78 is 6.40. The van der Waals surface area contributed by atoms with Crippen molar-refractivity contribution in [2.75, 3.05) is 13.8 Å². The number of benzene rings is 1. The van der Waals surface area contributed by atoms with E-state index in [0.29, 0.717) is 5.56 Å². The van der Waals surface area contributed by atoms with Crippen molar-refractivity contribution in [2.24, 2.45) is 7.05 Å². The monoisotopic (exact) mass is 220 g/mol. The van der Waals surface area contributed by atoms with E-state index in [1.54, 1.807) is 29.9 Å². The maximum atomic E-state index is 11.6. The van der Waals surface area contributed by atoms with Gasteiger partial charge < -0.3 is 10.1 Å². The van der Waals surface area contributed by atoms with E-state index < -0.39 is 0 Å². The standard InChI is InChI=1S/C10H12N4O2/c1-14-9-5-7(10(15)11-6-16-2)3-4-8(9)12-13-14/h3-5H,6H2,1-2H3,(H,11,15). The Bertz CT molecular complexity index is 521. The molecular formula is C10H12N4O2. The summed E-state index contributed by atoms with van der Waals surface area (Å²) in [5, 5.41) is 10.4. The van der Waals surface area contributed by atoms with Gasteiger partial charge in [-0.1, -0.05) is 5.21 Å². The Labute approximate surface area is 92.2 Å². The van der Waals surface area contributed by atoms with Crippen LogP contribution in [0.25, 0.3) is 11.0 Å². The number of amides is 1. The van der Waals surface area contributed by atoms with E-state index in [0.717, 1.165) is 11.0 Å². The summed E-state index contributed by atoms with van der Waals surface area (Å²) in [6.07, 6.45) is 0. The first-order chi connectivity index (χ1) is 7.72. The highest BCUT2D eigenvalue weighted by Crippen LogP contribution is 2.12. The molecule has 0 bridgehead atoms. The van der Waals surface area contributed by atoms with Crippen LogP contribution in [0.4, 0.5) is 0 Å². The van der Waals surface area contributed by atoms with Crippen LogP contribution in [-0.2, 0) is 11.8 Å². The highest BCUT2D eigenvalue weighted by Gasteiger charge is 2.08. The van der Waals surface area contributed by atoms with Gasteiger partial charge in [-0.05, 0) is 18.2 Å². The van der Waals surface area contributed by atoms with E-state index >= 15 is 0 Å². The van der Waals surface area contributed by atoms with E-state index in [-0.39, 0.29) is 12.6 Å². The summed E-state index contributed by atoms with van der Waals surface area (Å²) in [6, 6.07) is 5.23. The molecule has 1 aromatic carbocycles. The number of rotatable bonds is 3. The Morgan fingerprint density at radius 3 is 3.12 bits per heavy atom. The smallest absolute Gasteiger partial charge is 0.253 e. The van der Waals surface area contributed by atoms with E-state index in [9.17, 15) is 4.79 Å². The average Bonchev–Trinajstić information content (AvgIpc) is 2.67. The maximum Gasteiger partial charge on any atom is 0.253 e. The van der Waals surface area contributed by atoms with Gasteiger partial charge in [0.1, 0.15) is 12.2 Å². The highest BCUT2D eigenvalue weighted by atomic mass is 16.5. The first-order valence-electron chi connectivity index (χ1n) is 4.79. The Morgan fingerprint density at radius 2 is 2.38 bits per heavy atom. The molecule has 2 aromatic rings. The van der Waals surface area contributed by atoms with Crippen molar-refractivity contribution in [1.82, 2.24) is 20.3 Å². The number of nitrogens with zero attached hydrogens (tertiary/aromatic N) is 3. The van der Waals surface area contributed by atoms with Gasteiger partial charge in [0.05, 0.1) is 5.52 Å². The molecule has 1 amide bonds. The van der Waals surface area contributed by atoms with Gasteiger partial charge in [-0.15, -0.1) is 5.10 Å². The van der Waals surface area contributed by atoms with Gasteiger partial charge in [0, 0.05) is 19.7 Å². The third-order valence-corrected chi connectivity index (χ3v) is 2.25. The van der Waals surface area contributed by atoms with Crippen LogP contribution in [0.2, 0.25) is 0 Å². The van der Waals surface area contributed by atoms with Gasteiger partial charge >= 0.3 is 0 Å². The topological polar surface area (TPSA) is 69.0 Å². The lowest BCUT2D eigenvalue weighted by Crippen LogP contribution is -2.25. The lowest BCUT2D eigenvalue weighted by molar-refractivity contribution is 0.0872. The van der Waals surface area contributed by atoms with Crippen molar-refractivity contribution < 1.29 is 9.53 Å². The normalized spacial score (nSPS) is 10.6. The Balaban J connectivity index is 2.31. The molecular weight excluding hydrogens is 208 g/mol. The van der Waals surface area contributed by atoms with Crippen molar-refractivity contribution in [3.63, 3.8) is 0 Å². The Kier molecular flexibility index (Phi) is 2.82. The molecule has 1 aromatic heterocycles. The number of methoxy groups -OCH3 is 1. The fourth-order valence-electron chi connectivity index (χ4n) is 1.41. The molecule has 6 nitrogen and oxygen atoms in total. The van der Waals surface area contributed by atoms with Gasteiger partial charge in [0.2, 0.25) is 0 Å². The molecule has 0 unspecified atom stereocenters. The van der Waals surface area contributed by atoms with Crippen LogP contribution in [-0.4, -0.2) is 34.7 Å². The van der Waals surface area contributed by atoms with Gasteiger partial charge in [-0.3, -0.25) is 4.79 Å². The first-order valence-corrected chi connectivity index (χ1v) is 4.79. The fourth-order valence-corrected chi connectivity index (χ4v) is 1.41. The molecule has 0 atom stereocenters. The predicted octanol–water partition coefficient (Wildman–Crippen LogP) is 0.302. The third kappa shape index (κ3) is 1.87. The van der Waals surface area contributed by atoms with Crippen LogP contribution in [0.3, 0.4) is 0 Å². The SMILES string of the molecule is COCNC(=O)c1ccc2nnn(C)c2c1. The largest absolute Gasteiger partial charge is 0.364 e. The Morgan fingerprint density at radius 1 is 1.56 bits per heavy atom. The number of aromatic nitrogens is 3. The minimum Gasteiger partial charge on any atom is -0.364 e. The molecule has 0 fully saturated rings. The van der Waals surface area contributed by atoms with E-state index in [1.165, 1.54) is 7.11 Å². The zero-order valence-electron chi connectivity index (χ0n) is 9.10. The zero-order valence-corrected chi connectivity index (χ0v) is 9.10. The highest BCUT2D eigenvalue weighted by molar-refractivity contribution is 5.97. The number of ether oxygens (including phenoxy) is 1. The van der Waals surface area contributed by atoms with Crippen molar-refractivity contribution in [3.05, 3.63) is 23.8 Å². The van der Waals surface area contributed by atoms with Crippen molar-refractivity contribution >= 4 is 16.9 Å². The molecule has 84 valence electrons. The number of fused-ring (bicyclic) bond motifs is 1. The van der Waals surface area contributed by atoms with Gasteiger partial charge in [0.15, 0.2) is 0 Å². The number of carbonyl (C=O) groups excluding carboxylic acids is 1. The van der Waals surface area contributed by atoms with Crippen molar-refractivity contribution in [3.8, 4) is 0 Å². The summed E-state index contributed by atoms with van der Waals surface area (Å²) >= 11 is 0. The van der Waals surface area contributed by atoms with Crippen molar-refractivity contribution in [1.29, 1.82) is 0 Å². The molecule has 6 heteroatoms. The number of hydrogen-bond donors (Lipinski definition) is 1. The number of carbonyl (C=O) groups is 1. The molecule has 0 saturated heterocycles. The fraction of sp³-hybridized carbons (Fsp3) is 0.300. The second kappa shape index (κ2) is 4.28. The molecule has 1 heterocycles. The molecule has 16 heavy (non-hydrogen) atoms. The average molecular weight is 220 g/mol. The molecule has 0 aliphatic heterocycles. The lowest BCUT2D eigenvalue weighted by Gasteiger charge is -2.03. The number of nitrogens with one attached hydrogen (secondary N) is 1. The molecule has 0 saturated carbocycles. The minimum atomic E-state index is -0.176. The van der Waals surface area contributed by atoms with Crippen LogP contribution in [0.15, 0.2) is 18.2 Å². The summed E-state index contributed by atoms with van der Waals surface area (Å²) in [7, 11) is 3.31. The number of aryl methyl sites for hydroxylation is 1. The van der Waals surface area contributed by atoms with Gasteiger partial charge in [-0.2, -0.15) is 0 Å². The summed E-state index contributed by atoms with van der Waals surface area (Å²) in [4.78, 5) is 11.6. The molecule has 1 N–H and O–H groups in total. The quantitative estimate of drug-likeness (QED) is 0.755. The van der Waals surface area contributed by atoms with Crippen LogP contribution < -0.4 is 5.32 Å². The van der Waals surface area contributed by atoms with Gasteiger partial charge in [-0.25, -0.2) is 4.68 Å². The van der Waals surface area contributed by atoms with E-state index in [1.807, 2.05) is 0 Å². The first kappa shape index (κ1) is 10.6. The van der Waals surface area contributed by atoms with E-state index in [4.69, 9.17) is 4.74 Å². The van der Waals surface area contributed by atoms with Gasteiger partial charge in [0.25, 0.3) is 5.91 Å². The summed E-state index contributed by atoms with van der Waals surface area (Å²) in [5.74, 6) is -0.176. The van der Waals surface area contributed by atoms with Crippen molar-refractivity contribution in [2.45, 2.75) is 0 Å². The molecule has 0 radical (unpaired) electrons. The predicted molar refractivity (Wildman–Crippen MR) is 57.9 cm³/mol. The molecule has 2 rings (SSSR count). The second-order valence-electron chi connectivity index (χ2n) is 3.36. The molecule has 0 spiro atoms. The molecule has 0 aliphatic rings. The summed E-state index contributed by atoms with van der Waals surface area (Å²) in [5.41, 5.74) is 2.16. The lowest BCUT2D eigenvalue weighted by atomic mass is 10.2. The van der Waals surface area contributed by atoms with Crippen LogP contribution in [0, 0.1) is 0 Å². The molecule has 0 aliphatic carbocycles. The Hall–Kier alpha value is -1.95. The second-order valence-corrected chi connectivity index (χ2v) is 3.36. The summed E-state index contributed by atoms with van der Waals surface area (Å²) in [6.45, 7) is 0.195. The van der Waals surface area contributed by atoms with Crippen LogP contribution in [0.5, 0.6) is 0 Å². The minimum absolute atomic E-state index is 0.176. The number of hydrogen-bond acceptors (Lipinski definition) is 4. The zero-order chi connectivity index (χ0) is 11.5. The third-order valence-electron chi connectivity index (χ3n) is 2.25. The van der Waals surface area contributed by atoms with E-state index in [2.05, 4.69) is 15.6 Å². The van der Waals surface area contributed by atoms with Crippen LogP contribution >= 0.6 is 0 Å². The maximum absolute atomic E-state index is 11.6.